The number of nitrogens with one attached hydrogen (secondary N) is 1. The van der Waals surface area contributed by atoms with E-state index in [1.54, 1.807) is 13.8 Å². The van der Waals surface area contributed by atoms with Crippen LogP contribution in [0.15, 0.2) is 0 Å². The second-order valence-corrected chi connectivity index (χ2v) is 8.06. The van der Waals surface area contributed by atoms with E-state index in [1.807, 2.05) is 0 Å². The van der Waals surface area contributed by atoms with Gasteiger partial charge in [-0.25, -0.2) is 8.42 Å². The fourth-order valence-electron chi connectivity index (χ4n) is 2.80. The van der Waals surface area contributed by atoms with Crippen LogP contribution >= 0.6 is 0 Å². The summed E-state index contributed by atoms with van der Waals surface area (Å²) < 4.78 is 24.2. The van der Waals surface area contributed by atoms with E-state index in [9.17, 15) is 18.0 Å². The monoisotopic (exact) mass is 327 g/mol. The van der Waals surface area contributed by atoms with Crippen LogP contribution in [0.3, 0.4) is 0 Å². The molecular weight excluding hydrogens is 306 g/mol. The quantitative estimate of drug-likeness (QED) is 0.807. The van der Waals surface area contributed by atoms with Gasteiger partial charge in [0.05, 0.1) is 22.8 Å². The van der Waals surface area contributed by atoms with Crippen molar-refractivity contribution in [3.05, 3.63) is 17.0 Å². The predicted molar refractivity (Wildman–Crippen MR) is 81.5 cm³/mol. The molecule has 1 N–H and O–H groups in total. The molecule has 0 aromatic carbocycles. The van der Waals surface area contributed by atoms with E-state index in [2.05, 4.69) is 10.4 Å². The summed E-state index contributed by atoms with van der Waals surface area (Å²) in [5.74, 6) is -0.0530. The van der Waals surface area contributed by atoms with Gasteiger partial charge in [0.15, 0.2) is 5.78 Å². The number of hydrogen-bond acceptors (Lipinski definition) is 5. The second kappa shape index (κ2) is 6.20. The van der Waals surface area contributed by atoms with Crippen molar-refractivity contribution in [3.8, 4) is 0 Å². The first-order chi connectivity index (χ1) is 10.2. The third kappa shape index (κ3) is 3.73. The predicted octanol–water partition coefficient (Wildman–Crippen LogP) is 0.396. The summed E-state index contributed by atoms with van der Waals surface area (Å²) in [7, 11) is -2.94. The van der Waals surface area contributed by atoms with Crippen molar-refractivity contribution in [2.45, 2.75) is 46.2 Å². The molecule has 0 saturated carbocycles. The van der Waals surface area contributed by atoms with Crippen LogP contribution in [0.1, 0.15) is 41.5 Å². The summed E-state index contributed by atoms with van der Waals surface area (Å²) in [6.45, 7) is 5.01. The van der Waals surface area contributed by atoms with Gasteiger partial charge in [-0.2, -0.15) is 5.10 Å². The molecule has 1 aliphatic heterocycles. The number of carbonyl (C=O) groups is 2. The lowest BCUT2D eigenvalue weighted by Gasteiger charge is -2.23. The molecular formula is C14H21N3O4S. The molecule has 0 aliphatic carbocycles. The topological polar surface area (TPSA) is 98.1 Å². The van der Waals surface area contributed by atoms with E-state index >= 15 is 0 Å². The maximum Gasteiger partial charge on any atom is 0.241 e. The Hall–Kier alpha value is -1.70. The Morgan fingerprint density at radius 2 is 1.86 bits per heavy atom. The van der Waals surface area contributed by atoms with Crippen molar-refractivity contribution < 1.29 is 18.0 Å². The molecule has 8 heteroatoms. The number of rotatable bonds is 4. The zero-order chi connectivity index (χ0) is 16.5. The number of nitrogens with zero attached hydrogens (tertiary/aromatic N) is 2. The zero-order valence-electron chi connectivity index (χ0n) is 13.0. The molecule has 1 aliphatic rings. The van der Waals surface area contributed by atoms with Gasteiger partial charge in [0.1, 0.15) is 16.4 Å². The molecule has 0 radical (unpaired) electrons. The average molecular weight is 327 g/mol. The number of amides is 1. The number of carbonyl (C=O) groups excluding carboxylic acids is 2. The number of hydrogen-bond donors (Lipinski definition) is 1. The Labute approximate surface area is 130 Å². The lowest BCUT2D eigenvalue weighted by atomic mass is 10.1. The van der Waals surface area contributed by atoms with Gasteiger partial charge in [0.2, 0.25) is 5.91 Å². The van der Waals surface area contributed by atoms with E-state index < -0.39 is 9.84 Å². The minimum absolute atomic E-state index is 0.0310. The smallest absolute Gasteiger partial charge is 0.241 e. The van der Waals surface area contributed by atoms with Crippen molar-refractivity contribution in [2.24, 2.45) is 0 Å². The van der Waals surface area contributed by atoms with Gasteiger partial charge in [0, 0.05) is 11.7 Å². The molecule has 122 valence electrons. The summed E-state index contributed by atoms with van der Waals surface area (Å²) in [6, 6.07) is -0.111. The molecule has 1 fully saturated rings. The van der Waals surface area contributed by atoms with Crippen molar-refractivity contribution >= 4 is 21.5 Å². The Morgan fingerprint density at radius 3 is 2.36 bits per heavy atom. The molecule has 1 saturated heterocycles. The van der Waals surface area contributed by atoms with E-state index in [0.29, 0.717) is 29.8 Å². The summed E-state index contributed by atoms with van der Waals surface area (Å²) in [4.78, 5) is 23.6. The summed E-state index contributed by atoms with van der Waals surface area (Å²) in [5, 5.41) is 7.07. The minimum atomic E-state index is -2.94. The number of aryl methyl sites for hydroxylation is 1. The molecule has 1 amide bonds. The van der Waals surface area contributed by atoms with Crippen molar-refractivity contribution in [1.29, 1.82) is 0 Å². The van der Waals surface area contributed by atoms with Gasteiger partial charge in [-0.15, -0.1) is 0 Å². The van der Waals surface area contributed by atoms with Crippen LogP contribution in [0.25, 0.3) is 0 Å². The van der Waals surface area contributed by atoms with Crippen LogP contribution in [0.4, 0.5) is 0 Å². The molecule has 0 spiro atoms. The largest absolute Gasteiger partial charge is 0.352 e. The molecule has 2 heterocycles. The third-order valence-corrected chi connectivity index (χ3v) is 5.66. The van der Waals surface area contributed by atoms with Crippen molar-refractivity contribution in [3.63, 3.8) is 0 Å². The van der Waals surface area contributed by atoms with Gasteiger partial charge in [0.25, 0.3) is 0 Å². The first-order valence-electron chi connectivity index (χ1n) is 7.24. The zero-order valence-corrected chi connectivity index (χ0v) is 13.9. The van der Waals surface area contributed by atoms with Crippen LogP contribution in [-0.2, 0) is 21.2 Å². The maximum atomic E-state index is 12.1. The van der Waals surface area contributed by atoms with Crippen molar-refractivity contribution in [1.82, 2.24) is 15.1 Å². The van der Waals surface area contributed by atoms with Gasteiger partial charge < -0.3 is 5.32 Å². The maximum absolute atomic E-state index is 12.1. The standard InChI is InChI=1S/C14H21N3O4S/c1-9-14(11(3)18)10(2)17(16-9)8-13(19)15-12-4-6-22(20,21)7-5-12/h12H,4-8H2,1-3H3,(H,15,19). The molecule has 0 atom stereocenters. The Kier molecular flexibility index (Phi) is 4.69. The van der Waals surface area contributed by atoms with Crippen molar-refractivity contribution in [2.75, 3.05) is 11.5 Å². The number of Topliss-reactive ketones (excluding diaryl/α,β-unsaturated/α-hetero) is 1. The summed E-state index contributed by atoms with van der Waals surface area (Å²) in [5.41, 5.74) is 1.84. The highest BCUT2D eigenvalue weighted by molar-refractivity contribution is 7.91. The molecule has 2 rings (SSSR count). The van der Waals surface area contributed by atoms with E-state index in [4.69, 9.17) is 0 Å². The minimum Gasteiger partial charge on any atom is -0.352 e. The van der Waals surface area contributed by atoms with E-state index in [0.717, 1.165) is 0 Å². The number of aromatic nitrogens is 2. The van der Waals surface area contributed by atoms with E-state index in [1.165, 1.54) is 11.6 Å². The van der Waals surface area contributed by atoms with Gasteiger partial charge in [-0.05, 0) is 33.6 Å². The van der Waals surface area contributed by atoms with E-state index in [-0.39, 0.29) is 35.8 Å². The summed E-state index contributed by atoms with van der Waals surface area (Å²) in [6.07, 6.45) is 0.897. The van der Waals surface area contributed by atoms with Gasteiger partial charge in [-0.1, -0.05) is 0 Å². The van der Waals surface area contributed by atoms with Gasteiger partial charge >= 0.3 is 0 Å². The van der Waals surface area contributed by atoms with Crippen LogP contribution < -0.4 is 5.32 Å². The molecule has 7 nitrogen and oxygen atoms in total. The fraction of sp³-hybridized carbons (Fsp3) is 0.643. The number of sulfone groups is 1. The molecule has 1 aromatic heterocycles. The van der Waals surface area contributed by atoms with Crippen LogP contribution in [0.5, 0.6) is 0 Å². The second-order valence-electron chi connectivity index (χ2n) is 5.75. The Bertz CT molecular complexity index is 692. The Morgan fingerprint density at radius 1 is 1.27 bits per heavy atom. The average Bonchev–Trinajstić information content (AvgIpc) is 2.67. The van der Waals surface area contributed by atoms with Crippen LogP contribution in [0, 0.1) is 13.8 Å². The molecule has 0 unspecified atom stereocenters. The number of ketones is 1. The summed E-state index contributed by atoms with van der Waals surface area (Å²) >= 11 is 0. The first-order valence-corrected chi connectivity index (χ1v) is 9.06. The van der Waals surface area contributed by atoms with Crippen LogP contribution in [0.2, 0.25) is 0 Å². The highest BCUT2D eigenvalue weighted by Gasteiger charge is 2.25. The fourth-order valence-corrected chi connectivity index (χ4v) is 4.30. The molecule has 0 bridgehead atoms. The highest BCUT2D eigenvalue weighted by Crippen LogP contribution is 2.14. The SMILES string of the molecule is CC(=O)c1c(C)nn(CC(=O)NC2CCS(=O)(=O)CC2)c1C. The highest BCUT2D eigenvalue weighted by atomic mass is 32.2. The molecule has 22 heavy (non-hydrogen) atoms. The lowest BCUT2D eigenvalue weighted by Crippen LogP contribution is -2.42. The lowest BCUT2D eigenvalue weighted by molar-refractivity contribution is -0.122. The van der Waals surface area contributed by atoms with Crippen LogP contribution in [-0.4, -0.2) is 47.4 Å². The first kappa shape index (κ1) is 16.7. The third-order valence-electron chi connectivity index (χ3n) is 3.95. The normalized spacial score (nSPS) is 18.1. The van der Waals surface area contributed by atoms with Gasteiger partial charge in [-0.3, -0.25) is 14.3 Å². The Balaban J connectivity index is 1.99. The molecule has 1 aromatic rings.